The Bertz CT molecular complexity index is 260. The molecule has 0 aromatic heterocycles. The lowest BCUT2D eigenvalue weighted by atomic mass is 10.4. The van der Waals surface area contributed by atoms with E-state index in [2.05, 4.69) is 4.74 Å². The van der Waals surface area contributed by atoms with E-state index in [1.54, 1.807) is 6.92 Å². The minimum Gasteiger partial charge on any atom is -0.462 e. The first-order valence-electron chi connectivity index (χ1n) is 4.91. The maximum Gasteiger partial charge on any atom is 0.305 e. The lowest BCUT2D eigenvalue weighted by Crippen LogP contribution is -2.29. The zero-order valence-electron chi connectivity index (χ0n) is 9.65. The fraction of sp³-hybridized carbons (Fsp3) is 0.700. The average Bonchev–Trinajstić information content (AvgIpc) is 2.20. The van der Waals surface area contributed by atoms with E-state index in [0.29, 0.717) is 0 Å². The summed E-state index contributed by atoms with van der Waals surface area (Å²) < 4.78 is 14.2. The van der Waals surface area contributed by atoms with E-state index in [1.165, 1.54) is 13.8 Å². The van der Waals surface area contributed by atoms with Gasteiger partial charge >= 0.3 is 17.9 Å². The van der Waals surface area contributed by atoms with Gasteiger partial charge in [-0.2, -0.15) is 0 Å². The van der Waals surface area contributed by atoms with E-state index in [-0.39, 0.29) is 19.6 Å². The molecule has 0 aliphatic heterocycles. The molecule has 0 saturated heterocycles. The van der Waals surface area contributed by atoms with Crippen LogP contribution in [-0.2, 0) is 28.6 Å². The first kappa shape index (κ1) is 14.4. The SMILES string of the molecule is CCC(=O)OCC(COC(C)=O)OC(C)=O. The van der Waals surface area contributed by atoms with Gasteiger partial charge in [0.15, 0.2) is 6.10 Å². The predicted molar refractivity (Wildman–Crippen MR) is 53.4 cm³/mol. The van der Waals surface area contributed by atoms with E-state index in [1.807, 2.05) is 0 Å². The Hall–Kier alpha value is -1.59. The summed E-state index contributed by atoms with van der Waals surface area (Å²) in [5, 5.41) is 0. The molecule has 0 amide bonds. The third-order valence-corrected chi connectivity index (χ3v) is 1.52. The molecule has 92 valence electrons. The molecule has 1 unspecified atom stereocenters. The van der Waals surface area contributed by atoms with Crippen molar-refractivity contribution in [3.8, 4) is 0 Å². The summed E-state index contributed by atoms with van der Waals surface area (Å²) in [6.45, 7) is 3.88. The molecule has 1 atom stereocenters. The van der Waals surface area contributed by atoms with Crippen molar-refractivity contribution in [3.63, 3.8) is 0 Å². The van der Waals surface area contributed by atoms with Crippen molar-refractivity contribution in [2.24, 2.45) is 0 Å². The van der Waals surface area contributed by atoms with Crippen molar-refractivity contribution in [3.05, 3.63) is 0 Å². The topological polar surface area (TPSA) is 78.9 Å². The van der Waals surface area contributed by atoms with Crippen molar-refractivity contribution in [1.82, 2.24) is 0 Å². The summed E-state index contributed by atoms with van der Waals surface area (Å²) in [5.41, 5.74) is 0. The molecular formula is C10H16O6. The van der Waals surface area contributed by atoms with Gasteiger partial charge in [-0.05, 0) is 0 Å². The maximum atomic E-state index is 10.9. The van der Waals surface area contributed by atoms with Crippen molar-refractivity contribution in [2.75, 3.05) is 13.2 Å². The summed E-state index contributed by atoms with van der Waals surface area (Å²) in [6.07, 6.45) is -0.516. The molecular weight excluding hydrogens is 216 g/mol. The Morgan fingerprint density at radius 2 is 1.56 bits per heavy atom. The van der Waals surface area contributed by atoms with Gasteiger partial charge < -0.3 is 14.2 Å². The standard InChI is InChI=1S/C10H16O6/c1-4-10(13)15-6-9(16-8(3)12)5-14-7(2)11/h9H,4-6H2,1-3H3. The molecule has 6 heteroatoms. The van der Waals surface area contributed by atoms with E-state index in [4.69, 9.17) is 9.47 Å². The van der Waals surface area contributed by atoms with Crippen LogP contribution in [0.4, 0.5) is 0 Å². The Morgan fingerprint density at radius 3 is 2.00 bits per heavy atom. The molecule has 0 heterocycles. The third-order valence-electron chi connectivity index (χ3n) is 1.52. The van der Waals surface area contributed by atoms with Crippen molar-refractivity contribution >= 4 is 17.9 Å². The fourth-order valence-electron chi connectivity index (χ4n) is 0.849. The highest BCUT2D eigenvalue weighted by Crippen LogP contribution is 1.98. The van der Waals surface area contributed by atoms with Crippen LogP contribution in [0, 0.1) is 0 Å². The zero-order chi connectivity index (χ0) is 12.6. The van der Waals surface area contributed by atoms with Crippen LogP contribution in [0.3, 0.4) is 0 Å². The number of rotatable bonds is 6. The number of hydrogen-bond donors (Lipinski definition) is 0. The van der Waals surface area contributed by atoms with Crippen LogP contribution < -0.4 is 0 Å². The second-order valence-electron chi connectivity index (χ2n) is 3.07. The summed E-state index contributed by atoms with van der Waals surface area (Å²) in [5.74, 6) is -1.41. The highest BCUT2D eigenvalue weighted by atomic mass is 16.6. The van der Waals surface area contributed by atoms with E-state index in [0.717, 1.165) is 0 Å². The number of esters is 3. The van der Waals surface area contributed by atoms with Gasteiger partial charge in [-0.15, -0.1) is 0 Å². The Kier molecular flexibility index (Phi) is 6.91. The van der Waals surface area contributed by atoms with Gasteiger partial charge in [-0.3, -0.25) is 14.4 Å². The molecule has 0 spiro atoms. The fourth-order valence-corrected chi connectivity index (χ4v) is 0.849. The highest BCUT2D eigenvalue weighted by Gasteiger charge is 2.16. The van der Waals surface area contributed by atoms with Crippen LogP contribution in [0.15, 0.2) is 0 Å². The summed E-state index contributed by atoms with van der Waals surface area (Å²) >= 11 is 0. The number of carbonyl (C=O) groups is 3. The molecule has 0 aliphatic carbocycles. The summed E-state index contributed by atoms with van der Waals surface area (Å²) in [4.78, 5) is 32.1. The lowest BCUT2D eigenvalue weighted by Gasteiger charge is -2.16. The van der Waals surface area contributed by atoms with Gasteiger partial charge in [0.1, 0.15) is 13.2 Å². The number of carbonyl (C=O) groups excluding carboxylic acids is 3. The molecule has 0 rings (SSSR count). The van der Waals surface area contributed by atoms with Gasteiger partial charge in [-0.25, -0.2) is 0 Å². The first-order valence-corrected chi connectivity index (χ1v) is 4.91. The predicted octanol–water partition coefficient (Wildman–Crippen LogP) is 0.434. The van der Waals surface area contributed by atoms with Gasteiger partial charge in [-0.1, -0.05) is 6.92 Å². The molecule has 0 bridgehead atoms. The zero-order valence-corrected chi connectivity index (χ0v) is 9.65. The normalized spacial score (nSPS) is 11.4. The Labute approximate surface area is 93.8 Å². The van der Waals surface area contributed by atoms with Crippen LogP contribution in [0.1, 0.15) is 27.2 Å². The summed E-state index contributed by atoms with van der Waals surface area (Å²) in [7, 11) is 0. The largest absolute Gasteiger partial charge is 0.462 e. The van der Waals surface area contributed by atoms with Crippen LogP contribution in [0.5, 0.6) is 0 Å². The molecule has 0 N–H and O–H groups in total. The molecule has 0 saturated carbocycles. The second-order valence-corrected chi connectivity index (χ2v) is 3.07. The Morgan fingerprint density at radius 1 is 1.00 bits per heavy atom. The smallest absolute Gasteiger partial charge is 0.305 e. The second kappa shape index (κ2) is 7.67. The molecule has 0 aliphatic rings. The van der Waals surface area contributed by atoms with Crippen LogP contribution in [0.25, 0.3) is 0 Å². The number of ether oxygens (including phenoxy) is 3. The van der Waals surface area contributed by atoms with E-state index >= 15 is 0 Å². The van der Waals surface area contributed by atoms with Crippen LogP contribution in [0.2, 0.25) is 0 Å². The van der Waals surface area contributed by atoms with Crippen molar-refractivity contribution in [1.29, 1.82) is 0 Å². The average molecular weight is 232 g/mol. The highest BCUT2D eigenvalue weighted by molar-refractivity contribution is 5.69. The number of hydrogen-bond acceptors (Lipinski definition) is 6. The van der Waals surface area contributed by atoms with Gasteiger partial charge in [0, 0.05) is 20.3 Å². The third kappa shape index (κ3) is 7.78. The lowest BCUT2D eigenvalue weighted by molar-refractivity contribution is -0.164. The Balaban J connectivity index is 4.04. The first-order chi connectivity index (χ1) is 7.45. The molecule has 0 aromatic carbocycles. The maximum absolute atomic E-state index is 10.9. The minimum atomic E-state index is -0.753. The van der Waals surface area contributed by atoms with Gasteiger partial charge in [0.25, 0.3) is 0 Å². The van der Waals surface area contributed by atoms with E-state index < -0.39 is 24.0 Å². The van der Waals surface area contributed by atoms with E-state index in [9.17, 15) is 14.4 Å². The molecule has 0 aromatic rings. The van der Waals surface area contributed by atoms with Crippen molar-refractivity contribution < 1.29 is 28.6 Å². The van der Waals surface area contributed by atoms with Gasteiger partial charge in [0.2, 0.25) is 0 Å². The monoisotopic (exact) mass is 232 g/mol. The minimum absolute atomic E-state index is 0.112. The molecule has 0 fully saturated rings. The molecule has 6 nitrogen and oxygen atoms in total. The molecule has 16 heavy (non-hydrogen) atoms. The van der Waals surface area contributed by atoms with Crippen molar-refractivity contribution in [2.45, 2.75) is 33.3 Å². The van der Waals surface area contributed by atoms with Crippen LogP contribution >= 0.6 is 0 Å². The molecule has 0 radical (unpaired) electrons. The van der Waals surface area contributed by atoms with Crippen LogP contribution in [-0.4, -0.2) is 37.2 Å². The summed E-state index contributed by atoms with van der Waals surface area (Å²) in [6, 6.07) is 0. The van der Waals surface area contributed by atoms with Gasteiger partial charge in [0.05, 0.1) is 0 Å². The quantitative estimate of drug-likeness (QED) is 0.488.